The summed E-state index contributed by atoms with van der Waals surface area (Å²) < 4.78 is 11.4. The zero-order valence-corrected chi connectivity index (χ0v) is 14.6. The molecule has 0 spiro atoms. The highest BCUT2D eigenvalue weighted by molar-refractivity contribution is 14.1. The summed E-state index contributed by atoms with van der Waals surface area (Å²) >= 11 is 2.48. The van der Waals surface area contributed by atoms with Crippen molar-refractivity contribution >= 4 is 22.6 Å². The SMILES string of the molecule is CC(C)CNCCOCCOCCCC(C)(C)I. The molecule has 0 aliphatic rings. The number of nitrogens with one attached hydrogen (secondary N) is 1. The molecule has 0 aromatic heterocycles. The topological polar surface area (TPSA) is 30.5 Å². The van der Waals surface area contributed by atoms with Crippen LogP contribution >= 0.6 is 22.6 Å². The Balaban J connectivity index is 3.04. The first kappa shape index (κ1) is 18.6. The number of hydrogen-bond donors (Lipinski definition) is 1. The van der Waals surface area contributed by atoms with Crippen molar-refractivity contribution < 1.29 is 9.47 Å². The van der Waals surface area contributed by atoms with Gasteiger partial charge in [-0.25, -0.2) is 0 Å². The lowest BCUT2D eigenvalue weighted by molar-refractivity contribution is 0.0470. The van der Waals surface area contributed by atoms with Gasteiger partial charge in [0.1, 0.15) is 0 Å². The fraction of sp³-hybridized carbons (Fsp3) is 1.00. The largest absolute Gasteiger partial charge is 0.379 e. The summed E-state index contributed by atoms with van der Waals surface area (Å²) in [5, 5.41) is 3.35. The zero-order chi connectivity index (χ0) is 13.9. The molecule has 0 unspecified atom stereocenters. The highest BCUT2D eigenvalue weighted by Gasteiger charge is 2.10. The zero-order valence-electron chi connectivity index (χ0n) is 12.4. The molecule has 3 nitrogen and oxygen atoms in total. The first-order valence-electron chi connectivity index (χ1n) is 6.97. The van der Waals surface area contributed by atoms with Crippen molar-refractivity contribution in [1.29, 1.82) is 0 Å². The summed E-state index contributed by atoms with van der Waals surface area (Å²) in [5.74, 6) is 0.704. The lowest BCUT2D eigenvalue weighted by Crippen LogP contribution is -2.24. The van der Waals surface area contributed by atoms with Crippen LogP contribution < -0.4 is 5.32 Å². The van der Waals surface area contributed by atoms with E-state index in [1.807, 2.05) is 0 Å². The third kappa shape index (κ3) is 16.6. The second kappa shape index (κ2) is 11.4. The average Bonchev–Trinajstić information content (AvgIpc) is 2.24. The van der Waals surface area contributed by atoms with E-state index in [0.29, 0.717) is 22.6 Å². The van der Waals surface area contributed by atoms with Crippen molar-refractivity contribution in [3.8, 4) is 0 Å². The van der Waals surface area contributed by atoms with Gasteiger partial charge in [0, 0.05) is 16.6 Å². The Morgan fingerprint density at radius 2 is 1.67 bits per heavy atom. The molecule has 0 bridgehead atoms. The van der Waals surface area contributed by atoms with Gasteiger partial charge in [-0.15, -0.1) is 0 Å². The van der Waals surface area contributed by atoms with Crippen LogP contribution in [-0.2, 0) is 9.47 Å². The van der Waals surface area contributed by atoms with Gasteiger partial charge in [-0.2, -0.15) is 0 Å². The molecule has 0 fully saturated rings. The van der Waals surface area contributed by atoms with Crippen LogP contribution in [0.25, 0.3) is 0 Å². The van der Waals surface area contributed by atoms with Crippen LogP contribution in [0.15, 0.2) is 0 Å². The molecule has 0 aliphatic carbocycles. The van der Waals surface area contributed by atoms with E-state index in [1.165, 1.54) is 6.42 Å². The maximum atomic E-state index is 5.53. The minimum absolute atomic E-state index is 0.389. The molecule has 0 saturated heterocycles. The van der Waals surface area contributed by atoms with Crippen molar-refractivity contribution in [2.24, 2.45) is 5.92 Å². The molecule has 0 heterocycles. The van der Waals surface area contributed by atoms with E-state index < -0.39 is 0 Å². The van der Waals surface area contributed by atoms with Gasteiger partial charge in [-0.05, 0) is 25.3 Å². The number of alkyl halides is 1. The first-order valence-corrected chi connectivity index (χ1v) is 8.05. The first-order chi connectivity index (χ1) is 8.42. The summed E-state index contributed by atoms with van der Waals surface area (Å²) in [6.45, 7) is 14.0. The minimum atomic E-state index is 0.389. The van der Waals surface area contributed by atoms with Gasteiger partial charge in [-0.3, -0.25) is 0 Å². The second-order valence-corrected chi connectivity index (χ2v) is 8.57. The molecule has 0 aromatic rings. The van der Waals surface area contributed by atoms with Crippen molar-refractivity contribution in [3.63, 3.8) is 0 Å². The van der Waals surface area contributed by atoms with E-state index in [4.69, 9.17) is 9.47 Å². The predicted octanol–water partition coefficient (Wildman–Crippen LogP) is 3.26. The monoisotopic (exact) mass is 371 g/mol. The Bertz CT molecular complexity index is 181. The standard InChI is InChI=1S/C14H30INO2/c1-13(2)12-16-7-9-18-11-10-17-8-5-6-14(3,4)15/h13,16H,5-12H2,1-4H3. The van der Waals surface area contributed by atoms with E-state index in [2.05, 4.69) is 55.6 Å². The van der Waals surface area contributed by atoms with Crippen LogP contribution in [-0.4, -0.2) is 42.9 Å². The molecule has 0 aliphatic heterocycles. The predicted molar refractivity (Wildman–Crippen MR) is 86.7 cm³/mol. The van der Waals surface area contributed by atoms with Gasteiger partial charge in [0.05, 0.1) is 19.8 Å². The molecule has 110 valence electrons. The van der Waals surface area contributed by atoms with Crippen molar-refractivity contribution in [1.82, 2.24) is 5.32 Å². The van der Waals surface area contributed by atoms with Gasteiger partial charge in [-0.1, -0.05) is 50.3 Å². The van der Waals surface area contributed by atoms with E-state index >= 15 is 0 Å². The molecule has 0 amide bonds. The molecule has 0 saturated carbocycles. The molecule has 0 atom stereocenters. The van der Waals surface area contributed by atoms with Gasteiger partial charge >= 0.3 is 0 Å². The van der Waals surface area contributed by atoms with Crippen molar-refractivity contribution in [2.45, 2.75) is 44.0 Å². The van der Waals surface area contributed by atoms with Crippen LogP contribution in [0.3, 0.4) is 0 Å². The van der Waals surface area contributed by atoms with Crippen LogP contribution in [0.2, 0.25) is 0 Å². The molecule has 4 heteroatoms. The maximum absolute atomic E-state index is 5.53. The van der Waals surface area contributed by atoms with Crippen molar-refractivity contribution in [3.05, 3.63) is 0 Å². The number of ether oxygens (including phenoxy) is 2. The molecule has 0 aromatic carbocycles. The second-order valence-electron chi connectivity index (χ2n) is 5.64. The molecular formula is C14H30INO2. The molecule has 0 radical (unpaired) electrons. The minimum Gasteiger partial charge on any atom is -0.379 e. The maximum Gasteiger partial charge on any atom is 0.0701 e. The van der Waals surface area contributed by atoms with Crippen LogP contribution in [0.1, 0.15) is 40.5 Å². The van der Waals surface area contributed by atoms with Crippen LogP contribution in [0.5, 0.6) is 0 Å². The van der Waals surface area contributed by atoms with E-state index in [1.54, 1.807) is 0 Å². The fourth-order valence-electron chi connectivity index (χ4n) is 1.45. The number of halogens is 1. The Morgan fingerprint density at radius 3 is 2.22 bits per heavy atom. The highest BCUT2D eigenvalue weighted by Crippen LogP contribution is 2.22. The lowest BCUT2D eigenvalue weighted by Gasteiger charge is -2.15. The molecule has 18 heavy (non-hydrogen) atoms. The highest BCUT2D eigenvalue weighted by atomic mass is 127. The Hall–Kier alpha value is 0.610. The third-order valence-electron chi connectivity index (χ3n) is 2.41. The number of rotatable bonds is 12. The Labute approximate surface area is 127 Å². The molecule has 1 N–H and O–H groups in total. The fourth-order valence-corrected chi connectivity index (χ4v) is 1.83. The van der Waals surface area contributed by atoms with Gasteiger partial charge in [0.15, 0.2) is 0 Å². The summed E-state index contributed by atoms with van der Waals surface area (Å²) in [7, 11) is 0. The van der Waals surface area contributed by atoms with Gasteiger partial charge in [0.25, 0.3) is 0 Å². The van der Waals surface area contributed by atoms with E-state index in [-0.39, 0.29) is 0 Å². The van der Waals surface area contributed by atoms with E-state index in [9.17, 15) is 0 Å². The van der Waals surface area contributed by atoms with Crippen LogP contribution in [0, 0.1) is 5.92 Å². The lowest BCUT2D eigenvalue weighted by atomic mass is 10.1. The van der Waals surface area contributed by atoms with Crippen molar-refractivity contribution in [2.75, 3.05) is 39.5 Å². The molecule has 0 rings (SSSR count). The van der Waals surface area contributed by atoms with Gasteiger partial charge < -0.3 is 14.8 Å². The van der Waals surface area contributed by atoms with Gasteiger partial charge in [0.2, 0.25) is 0 Å². The number of hydrogen-bond acceptors (Lipinski definition) is 3. The summed E-state index contributed by atoms with van der Waals surface area (Å²) in [6, 6.07) is 0. The molecular weight excluding hydrogens is 341 g/mol. The smallest absolute Gasteiger partial charge is 0.0701 e. The third-order valence-corrected chi connectivity index (χ3v) is 2.95. The summed E-state index contributed by atoms with van der Waals surface area (Å²) in [4.78, 5) is 0. The Kier molecular flexibility index (Phi) is 11.8. The Morgan fingerprint density at radius 1 is 1.06 bits per heavy atom. The van der Waals surface area contributed by atoms with Crippen LogP contribution in [0.4, 0.5) is 0 Å². The normalized spacial score (nSPS) is 12.3. The summed E-state index contributed by atoms with van der Waals surface area (Å²) in [6.07, 6.45) is 2.33. The van der Waals surface area contributed by atoms with E-state index in [0.717, 1.165) is 32.7 Å². The summed E-state index contributed by atoms with van der Waals surface area (Å²) in [5.41, 5.74) is 0. The quantitative estimate of drug-likeness (QED) is 0.325. The average molecular weight is 371 g/mol.